The van der Waals surface area contributed by atoms with E-state index in [1.54, 1.807) is 24.4 Å². The Balaban J connectivity index is 0.00000272. The number of benzene rings is 1. The first-order valence-electron chi connectivity index (χ1n) is 9.58. The van der Waals surface area contributed by atoms with Gasteiger partial charge in [-0.25, -0.2) is 8.42 Å². The van der Waals surface area contributed by atoms with E-state index < -0.39 is 15.9 Å². The summed E-state index contributed by atoms with van der Waals surface area (Å²) in [4.78, 5) is 19.8. The first-order valence-corrected chi connectivity index (χ1v) is 10.9. The van der Waals surface area contributed by atoms with Crippen LogP contribution in [0.1, 0.15) is 37.1 Å². The SMILES string of the molecule is C/C=C1\[C@H]2C=C(C)C[C@]1(N=Cc1ccccc1OS(=O)(=O)[O-])c1ccc(=O)[nH]c1C2.[Na+]. The second-order valence-electron chi connectivity index (χ2n) is 7.61. The Labute approximate surface area is 203 Å². The number of para-hydroxylation sites is 1. The van der Waals surface area contributed by atoms with Crippen LogP contribution in [0.2, 0.25) is 0 Å². The molecule has 4 rings (SSSR count). The first-order chi connectivity index (χ1) is 14.2. The molecule has 2 bridgehead atoms. The third kappa shape index (κ3) is 4.63. The summed E-state index contributed by atoms with van der Waals surface area (Å²) in [5.41, 5.74) is 3.58. The number of allylic oxidation sites excluding steroid dienone is 2. The molecule has 0 aliphatic heterocycles. The van der Waals surface area contributed by atoms with Crippen LogP contribution in [0.15, 0.2) is 69.5 Å². The first kappa shape index (κ1) is 23.7. The van der Waals surface area contributed by atoms with Gasteiger partial charge in [-0.1, -0.05) is 29.9 Å². The molecule has 0 unspecified atom stereocenters. The number of aromatic amines is 1. The summed E-state index contributed by atoms with van der Waals surface area (Å²) in [6.07, 6.45) is 7.12. The molecule has 1 heterocycles. The molecule has 0 saturated heterocycles. The number of aliphatic imine (C=N–C) groups is 1. The van der Waals surface area contributed by atoms with Gasteiger partial charge >= 0.3 is 29.6 Å². The number of hydrogen-bond acceptors (Lipinski definition) is 6. The van der Waals surface area contributed by atoms with E-state index in [9.17, 15) is 17.8 Å². The Morgan fingerprint density at radius 3 is 2.71 bits per heavy atom. The van der Waals surface area contributed by atoms with Crippen LogP contribution in [0.5, 0.6) is 5.75 Å². The Morgan fingerprint density at radius 2 is 2.00 bits per heavy atom. The van der Waals surface area contributed by atoms with Crippen molar-refractivity contribution in [2.75, 3.05) is 0 Å². The maximum Gasteiger partial charge on any atom is 1.00 e. The summed E-state index contributed by atoms with van der Waals surface area (Å²) in [6.45, 7) is 4.03. The Hall–Kier alpha value is -1.97. The average molecular weight is 448 g/mol. The Morgan fingerprint density at radius 1 is 1.26 bits per heavy atom. The fourth-order valence-electron chi connectivity index (χ4n) is 4.61. The van der Waals surface area contributed by atoms with E-state index in [2.05, 4.69) is 28.2 Å². The Bertz CT molecular complexity index is 1260. The molecule has 0 saturated carbocycles. The predicted octanol–water partition coefficient (Wildman–Crippen LogP) is 0.000900. The summed E-state index contributed by atoms with van der Waals surface area (Å²) in [5.74, 6) is 0.0340. The zero-order valence-corrected chi connectivity index (χ0v) is 20.4. The molecule has 2 atom stereocenters. The maximum absolute atomic E-state index is 11.9. The number of nitrogens with zero attached hydrogens (tertiary/aromatic N) is 1. The van der Waals surface area contributed by atoms with Crippen molar-refractivity contribution in [3.05, 3.63) is 86.9 Å². The van der Waals surface area contributed by atoms with Gasteiger partial charge in [0.2, 0.25) is 5.56 Å². The molecule has 1 aromatic carbocycles. The third-order valence-corrected chi connectivity index (χ3v) is 6.00. The molecular formula is C22H21N2NaO5S. The fourth-order valence-corrected chi connectivity index (χ4v) is 4.98. The summed E-state index contributed by atoms with van der Waals surface area (Å²) in [7, 11) is -4.91. The normalized spacial score (nSPS) is 23.8. The maximum atomic E-state index is 11.9. The second-order valence-corrected chi connectivity index (χ2v) is 8.59. The minimum absolute atomic E-state index is 0. The minimum atomic E-state index is -4.91. The van der Waals surface area contributed by atoms with Crippen molar-refractivity contribution >= 4 is 16.6 Å². The van der Waals surface area contributed by atoms with Gasteiger partial charge in [-0.2, -0.15) is 0 Å². The molecule has 0 spiro atoms. The molecular weight excluding hydrogens is 427 g/mol. The van der Waals surface area contributed by atoms with Gasteiger partial charge in [0, 0.05) is 41.4 Å². The molecule has 0 radical (unpaired) electrons. The van der Waals surface area contributed by atoms with Gasteiger partial charge in [0.25, 0.3) is 10.4 Å². The van der Waals surface area contributed by atoms with Crippen LogP contribution < -0.4 is 39.3 Å². The molecule has 2 aliphatic rings. The van der Waals surface area contributed by atoms with Crippen LogP contribution in [0, 0.1) is 5.92 Å². The van der Waals surface area contributed by atoms with Crippen LogP contribution in [0.3, 0.4) is 0 Å². The fraction of sp³-hybridized carbons (Fsp3) is 0.273. The van der Waals surface area contributed by atoms with Crippen molar-refractivity contribution in [1.29, 1.82) is 0 Å². The molecule has 2 aromatic rings. The summed E-state index contributed by atoms with van der Waals surface area (Å²) in [5, 5.41) is 0. The number of rotatable bonds is 4. The topological polar surface area (TPSA) is 112 Å². The molecule has 7 nitrogen and oxygen atoms in total. The quantitative estimate of drug-likeness (QED) is 0.233. The summed E-state index contributed by atoms with van der Waals surface area (Å²) in [6, 6.07) is 9.65. The Kier molecular flexibility index (Phi) is 6.78. The number of hydrogen-bond donors (Lipinski definition) is 1. The van der Waals surface area contributed by atoms with Crippen molar-refractivity contribution < 1.29 is 46.7 Å². The van der Waals surface area contributed by atoms with E-state index >= 15 is 0 Å². The standard InChI is InChI=1S/C22H22N2O5S.Na/c1-3-17-16-10-14(2)12-22(17,18-8-9-21(25)24-19(18)11-16)23-13-15-6-4-5-7-20(15)29-30(26,27)28;/h3-10,13,16H,11-12H2,1-2H3,(H,24,25)(H,26,27,28);/q;+1/p-1/b17-3+,23-13?;/t16-,22+;/m0./s1. The predicted molar refractivity (Wildman–Crippen MR) is 112 cm³/mol. The van der Waals surface area contributed by atoms with Crippen LogP contribution in [-0.2, 0) is 22.4 Å². The van der Waals surface area contributed by atoms with Crippen LogP contribution in [0.25, 0.3) is 0 Å². The van der Waals surface area contributed by atoms with Crippen molar-refractivity contribution in [1.82, 2.24) is 4.98 Å². The van der Waals surface area contributed by atoms with Gasteiger partial charge in [0.05, 0.1) is 0 Å². The number of pyridine rings is 1. The molecule has 0 amide bonds. The van der Waals surface area contributed by atoms with E-state index in [-0.39, 0.29) is 46.8 Å². The number of aromatic nitrogens is 1. The number of nitrogens with one attached hydrogen (secondary N) is 1. The van der Waals surface area contributed by atoms with E-state index in [1.165, 1.54) is 17.7 Å². The summed E-state index contributed by atoms with van der Waals surface area (Å²) < 4.78 is 37.9. The van der Waals surface area contributed by atoms with Crippen LogP contribution in [-0.4, -0.2) is 24.2 Å². The second kappa shape index (κ2) is 8.88. The summed E-state index contributed by atoms with van der Waals surface area (Å²) >= 11 is 0. The molecule has 9 heteroatoms. The van der Waals surface area contributed by atoms with Gasteiger partial charge in [-0.15, -0.1) is 0 Å². The van der Waals surface area contributed by atoms with Crippen molar-refractivity contribution in [3.8, 4) is 5.75 Å². The van der Waals surface area contributed by atoms with Gasteiger partial charge in [-0.05, 0) is 44.0 Å². The van der Waals surface area contributed by atoms with Gasteiger partial charge in [0.1, 0.15) is 11.3 Å². The minimum Gasteiger partial charge on any atom is -0.716 e. The largest absolute Gasteiger partial charge is 1.00 e. The molecule has 1 aromatic heterocycles. The zero-order chi connectivity index (χ0) is 21.5. The van der Waals surface area contributed by atoms with E-state index in [0.29, 0.717) is 18.4 Å². The van der Waals surface area contributed by atoms with Gasteiger partial charge in [-0.3, -0.25) is 9.79 Å². The van der Waals surface area contributed by atoms with Crippen LogP contribution >= 0.6 is 0 Å². The molecule has 156 valence electrons. The average Bonchev–Trinajstić information content (AvgIpc) is 2.65. The number of H-pyrrole nitrogens is 1. The monoisotopic (exact) mass is 448 g/mol. The third-order valence-electron chi connectivity index (χ3n) is 5.61. The van der Waals surface area contributed by atoms with Crippen molar-refractivity contribution in [3.63, 3.8) is 0 Å². The number of fused-ring (bicyclic) bond motifs is 4. The van der Waals surface area contributed by atoms with E-state index in [4.69, 9.17) is 4.99 Å². The molecule has 0 fully saturated rings. The van der Waals surface area contributed by atoms with E-state index in [1.807, 2.05) is 13.0 Å². The smallest absolute Gasteiger partial charge is 0.716 e. The van der Waals surface area contributed by atoms with Gasteiger partial charge in [0.15, 0.2) is 0 Å². The van der Waals surface area contributed by atoms with Crippen molar-refractivity contribution in [2.24, 2.45) is 10.9 Å². The van der Waals surface area contributed by atoms with Gasteiger partial charge < -0.3 is 13.7 Å². The van der Waals surface area contributed by atoms with Crippen LogP contribution in [0.4, 0.5) is 0 Å². The molecule has 2 aliphatic carbocycles. The zero-order valence-electron chi connectivity index (χ0n) is 17.6. The van der Waals surface area contributed by atoms with Crippen molar-refractivity contribution in [2.45, 2.75) is 32.2 Å². The molecule has 1 N–H and O–H groups in total. The molecule has 31 heavy (non-hydrogen) atoms. The van der Waals surface area contributed by atoms with E-state index in [0.717, 1.165) is 16.8 Å².